The number of rotatable bonds is 5. The van der Waals surface area contributed by atoms with Gasteiger partial charge in [0.15, 0.2) is 0 Å². The van der Waals surface area contributed by atoms with Gasteiger partial charge in [0, 0.05) is 34.6 Å². The Labute approximate surface area is 182 Å². The number of hydrogen-bond donors (Lipinski definition) is 1. The van der Waals surface area contributed by atoms with Gasteiger partial charge in [-0.25, -0.2) is 14.4 Å². The highest BCUT2D eigenvalue weighted by Crippen LogP contribution is 2.31. The Kier molecular flexibility index (Phi) is 5.73. The van der Waals surface area contributed by atoms with Crippen LogP contribution < -0.4 is 10.1 Å². The van der Waals surface area contributed by atoms with E-state index in [1.54, 1.807) is 18.5 Å². The largest absolute Gasteiger partial charge is 0.431 e. The van der Waals surface area contributed by atoms with E-state index in [2.05, 4.69) is 20.3 Å². The Morgan fingerprint density at radius 3 is 2.58 bits per heavy atom. The smallest absolute Gasteiger partial charge is 0.278 e. The molecule has 1 amide bonds. The fourth-order valence-corrected chi connectivity index (χ4v) is 3.62. The molecule has 4 aromatic rings. The quantitative estimate of drug-likeness (QED) is 0.435. The summed E-state index contributed by atoms with van der Waals surface area (Å²) in [7, 11) is 0. The van der Waals surface area contributed by atoms with Crippen LogP contribution in [0.2, 0.25) is 0 Å². The molecule has 1 N–H and O–H groups in total. The Morgan fingerprint density at radius 2 is 1.87 bits per heavy atom. The number of aromatic nitrogens is 3. The molecule has 0 saturated carbocycles. The first-order valence-electron chi connectivity index (χ1n) is 9.49. The van der Waals surface area contributed by atoms with Gasteiger partial charge in [-0.3, -0.25) is 9.78 Å². The van der Waals surface area contributed by atoms with E-state index in [1.165, 1.54) is 24.5 Å². The van der Waals surface area contributed by atoms with Crippen LogP contribution in [0, 0.1) is 26.6 Å². The fraction of sp³-hybridized carbons (Fsp3) is 0.130. The number of carbonyl (C=O) groups excluding carboxylic acids is 1. The molecule has 0 spiro atoms. The van der Waals surface area contributed by atoms with Crippen LogP contribution in [0.3, 0.4) is 0 Å². The summed E-state index contributed by atoms with van der Waals surface area (Å²) in [6.07, 6.45) is 5.86. The van der Waals surface area contributed by atoms with E-state index < -0.39 is 11.7 Å². The molecule has 0 radical (unpaired) electrons. The highest BCUT2D eigenvalue weighted by molar-refractivity contribution is 7.13. The van der Waals surface area contributed by atoms with E-state index in [0.29, 0.717) is 16.8 Å². The van der Waals surface area contributed by atoms with Crippen molar-refractivity contribution < 1.29 is 13.9 Å². The molecule has 8 heteroatoms. The average Bonchev–Trinajstić information content (AvgIpc) is 3.16. The number of hydrogen-bond acceptors (Lipinski definition) is 6. The Bertz CT molecular complexity index is 1250. The van der Waals surface area contributed by atoms with Crippen molar-refractivity contribution in [1.29, 1.82) is 0 Å². The average molecular weight is 434 g/mol. The van der Waals surface area contributed by atoms with Crippen LogP contribution in [0.4, 0.5) is 10.2 Å². The van der Waals surface area contributed by atoms with Crippen LogP contribution in [0.15, 0.2) is 55.1 Å². The summed E-state index contributed by atoms with van der Waals surface area (Å²) >= 11 is 1.48. The molecule has 6 nitrogen and oxygen atoms in total. The van der Waals surface area contributed by atoms with Crippen LogP contribution >= 0.6 is 11.3 Å². The molecule has 0 aliphatic rings. The molecule has 0 bridgehead atoms. The SMILES string of the molecule is Cc1cnc(Oc2ccc(C)c(-c3ccc(NC(=O)c4cncc(F)c4C)nc3)c2)s1. The molecular weight excluding hydrogens is 415 g/mol. The number of pyridine rings is 2. The van der Waals surface area contributed by atoms with Crippen molar-refractivity contribution in [2.75, 3.05) is 5.32 Å². The maximum atomic E-state index is 13.7. The third kappa shape index (κ3) is 4.59. The predicted octanol–water partition coefficient (Wildman–Crippen LogP) is 5.71. The Hall–Kier alpha value is -3.65. The lowest BCUT2D eigenvalue weighted by Gasteiger charge is -2.10. The molecule has 0 aliphatic carbocycles. The summed E-state index contributed by atoms with van der Waals surface area (Å²) < 4.78 is 19.5. The number of nitrogens with one attached hydrogen (secondary N) is 1. The molecule has 0 aliphatic heterocycles. The van der Waals surface area contributed by atoms with Crippen molar-refractivity contribution in [3.8, 4) is 22.1 Å². The van der Waals surface area contributed by atoms with E-state index in [4.69, 9.17) is 4.74 Å². The summed E-state index contributed by atoms with van der Waals surface area (Å²) in [6, 6.07) is 9.36. The van der Waals surface area contributed by atoms with Gasteiger partial charge in [-0.2, -0.15) is 0 Å². The molecule has 0 saturated heterocycles. The lowest BCUT2D eigenvalue weighted by Crippen LogP contribution is -2.15. The summed E-state index contributed by atoms with van der Waals surface area (Å²) in [5, 5.41) is 3.27. The van der Waals surface area contributed by atoms with Gasteiger partial charge in [-0.05, 0) is 56.2 Å². The van der Waals surface area contributed by atoms with Crippen LogP contribution in [-0.2, 0) is 0 Å². The molecule has 1 aromatic carbocycles. The Balaban J connectivity index is 1.53. The second-order valence-electron chi connectivity index (χ2n) is 7.00. The van der Waals surface area contributed by atoms with Crippen LogP contribution in [-0.4, -0.2) is 20.9 Å². The van der Waals surface area contributed by atoms with Crippen LogP contribution in [0.1, 0.15) is 26.4 Å². The van der Waals surface area contributed by atoms with Crippen molar-refractivity contribution in [3.63, 3.8) is 0 Å². The number of nitrogens with zero attached hydrogens (tertiary/aromatic N) is 3. The minimum Gasteiger partial charge on any atom is -0.431 e. The van der Waals surface area contributed by atoms with Gasteiger partial charge < -0.3 is 10.1 Å². The summed E-state index contributed by atoms with van der Waals surface area (Å²) in [5.74, 6) is 0.0543. The highest BCUT2D eigenvalue weighted by atomic mass is 32.1. The van der Waals surface area contributed by atoms with E-state index in [1.807, 2.05) is 38.1 Å². The zero-order valence-corrected chi connectivity index (χ0v) is 18.0. The van der Waals surface area contributed by atoms with E-state index in [-0.39, 0.29) is 11.1 Å². The van der Waals surface area contributed by atoms with Crippen molar-refractivity contribution in [2.45, 2.75) is 20.8 Å². The van der Waals surface area contributed by atoms with Gasteiger partial charge in [0.25, 0.3) is 11.1 Å². The minimum atomic E-state index is -0.526. The topological polar surface area (TPSA) is 77.0 Å². The van der Waals surface area contributed by atoms with E-state index in [0.717, 1.165) is 27.8 Å². The normalized spacial score (nSPS) is 10.7. The molecular formula is C23H19FN4O2S. The van der Waals surface area contributed by atoms with Gasteiger partial charge in [-0.1, -0.05) is 17.4 Å². The first kappa shape index (κ1) is 20.6. The van der Waals surface area contributed by atoms with Gasteiger partial charge in [0.1, 0.15) is 17.4 Å². The molecule has 3 heterocycles. The molecule has 4 rings (SSSR count). The number of anilines is 1. The summed E-state index contributed by atoms with van der Waals surface area (Å²) in [4.78, 5) is 25.8. The summed E-state index contributed by atoms with van der Waals surface area (Å²) in [6.45, 7) is 5.51. The number of thiazole rings is 1. The fourth-order valence-electron chi connectivity index (χ4n) is 3.00. The number of carbonyl (C=O) groups is 1. The van der Waals surface area contributed by atoms with Gasteiger partial charge in [0.05, 0.1) is 11.8 Å². The number of amides is 1. The maximum Gasteiger partial charge on any atom is 0.278 e. The van der Waals surface area contributed by atoms with E-state index >= 15 is 0 Å². The first-order chi connectivity index (χ1) is 14.9. The summed E-state index contributed by atoms with van der Waals surface area (Å²) in [5.41, 5.74) is 3.31. The Morgan fingerprint density at radius 1 is 1.03 bits per heavy atom. The molecule has 0 fully saturated rings. The van der Waals surface area contributed by atoms with Gasteiger partial charge in [-0.15, -0.1) is 0 Å². The highest BCUT2D eigenvalue weighted by Gasteiger charge is 2.14. The third-order valence-corrected chi connectivity index (χ3v) is 5.52. The van der Waals surface area contributed by atoms with Crippen molar-refractivity contribution in [1.82, 2.24) is 15.0 Å². The molecule has 156 valence electrons. The van der Waals surface area contributed by atoms with Gasteiger partial charge >= 0.3 is 0 Å². The molecule has 3 aromatic heterocycles. The standard InChI is InChI=1S/C23H19FN4O2S/c1-13-4-6-17(30-23-27-9-14(2)31-23)8-18(13)16-5-7-21(26-10-16)28-22(29)19-11-25-12-20(24)15(19)3/h4-12H,1-3H3,(H,26,28,29). The number of aryl methyl sites for hydroxylation is 2. The molecule has 0 atom stereocenters. The zero-order valence-electron chi connectivity index (χ0n) is 17.1. The van der Waals surface area contributed by atoms with Crippen LogP contribution in [0.5, 0.6) is 10.9 Å². The monoisotopic (exact) mass is 434 g/mol. The van der Waals surface area contributed by atoms with Crippen molar-refractivity contribution in [3.05, 3.63) is 82.5 Å². The lowest BCUT2D eigenvalue weighted by molar-refractivity contribution is 0.102. The van der Waals surface area contributed by atoms with E-state index in [9.17, 15) is 9.18 Å². The van der Waals surface area contributed by atoms with Gasteiger partial charge in [0.2, 0.25) is 0 Å². The van der Waals surface area contributed by atoms with Crippen molar-refractivity contribution in [2.24, 2.45) is 0 Å². The molecule has 0 unspecified atom stereocenters. The number of benzene rings is 1. The predicted molar refractivity (Wildman–Crippen MR) is 118 cm³/mol. The second kappa shape index (κ2) is 8.61. The third-order valence-electron chi connectivity index (χ3n) is 4.73. The van der Waals surface area contributed by atoms with Crippen molar-refractivity contribution >= 4 is 23.1 Å². The van der Waals surface area contributed by atoms with Crippen LogP contribution in [0.25, 0.3) is 11.1 Å². The minimum absolute atomic E-state index is 0.170. The maximum absolute atomic E-state index is 13.7. The zero-order chi connectivity index (χ0) is 22.0. The first-order valence-corrected chi connectivity index (χ1v) is 10.3. The lowest BCUT2D eigenvalue weighted by atomic mass is 10.0. The number of ether oxygens (including phenoxy) is 1. The number of halogens is 1. The second-order valence-corrected chi connectivity index (χ2v) is 8.19. The molecule has 31 heavy (non-hydrogen) atoms.